The summed E-state index contributed by atoms with van der Waals surface area (Å²) in [5, 5.41) is 12.1. The Labute approximate surface area is 136 Å². The highest BCUT2D eigenvalue weighted by Crippen LogP contribution is 2.29. The molecule has 0 bridgehead atoms. The quantitative estimate of drug-likeness (QED) is 0.831. The van der Waals surface area contributed by atoms with E-state index in [0.717, 1.165) is 12.4 Å². The predicted molar refractivity (Wildman–Crippen MR) is 76.7 cm³/mol. The summed E-state index contributed by atoms with van der Waals surface area (Å²) < 4.78 is 37.6. The van der Waals surface area contributed by atoms with E-state index >= 15 is 0 Å². The van der Waals surface area contributed by atoms with Crippen LogP contribution in [0.25, 0.3) is 0 Å². The van der Waals surface area contributed by atoms with Crippen LogP contribution in [0.3, 0.4) is 0 Å². The number of hydrogen-bond donors (Lipinski definition) is 1. The van der Waals surface area contributed by atoms with Crippen molar-refractivity contribution in [2.24, 2.45) is 5.41 Å². The molecule has 1 amide bonds. The minimum absolute atomic E-state index is 0.197. The highest BCUT2D eigenvalue weighted by atomic mass is 19.4. The van der Waals surface area contributed by atoms with Gasteiger partial charge in [-0.15, -0.1) is 0 Å². The molecular weight excluding hydrogens is 325 g/mol. The molecule has 0 saturated carbocycles. The number of nitrogens with zero attached hydrogens (tertiary/aromatic N) is 5. The van der Waals surface area contributed by atoms with Crippen molar-refractivity contribution in [3.8, 4) is 6.07 Å². The first-order valence-corrected chi connectivity index (χ1v) is 7.41. The Kier molecular flexibility index (Phi) is 4.04. The standard InChI is InChI=1S/C14H15F3N6O/c15-14(16,17)10-5-20-12(21-6-10)23-3-1-22(2-4-23)11(24)13(7-18)8-19-9-13/h5-6,19H,1-4,8-9H2. The van der Waals surface area contributed by atoms with Crippen LogP contribution in [0.1, 0.15) is 5.56 Å². The first-order valence-electron chi connectivity index (χ1n) is 7.41. The summed E-state index contributed by atoms with van der Waals surface area (Å²) in [6.07, 6.45) is -2.96. The maximum absolute atomic E-state index is 12.5. The van der Waals surface area contributed by atoms with Crippen LogP contribution in [0.5, 0.6) is 0 Å². The largest absolute Gasteiger partial charge is 0.419 e. The Balaban J connectivity index is 1.61. The number of rotatable bonds is 2. The lowest BCUT2D eigenvalue weighted by atomic mass is 9.82. The lowest BCUT2D eigenvalue weighted by Gasteiger charge is -2.42. The average Bonchev–Trinajstić information content (AvgIpc) is 2.54. The van der Waals surface area contributed by atoms with E-state index in [1.165, 1.54) is 0 Å². The van der Waals surface area contributed by atoms with Crippen LogP contribution in [-0.2, 0) is 11.0 Å². The molecule has 1 aromatic heterocycles. The second-order valence-electron chi connectivity index (χ2n) is 5.85. The Morgan fingerprint density at radius 2 is 1.79 bits per heavy atom. The smallest absolute Gasteiger partial charge is 0.338 e. The second-order valence-corrected chi connectivity index (χ2v) is 5.85. The maximum Gasteiger partial charge on any atom is 0.419 e. The lowest BCUT2D eigenvalue weighted by molar-refractivity contribution is -0.141. The highest BCUT2D eigenvalue weighted by molar-refractivity contribution is 5.87. The molecule has 1 N–H and O–H groups in total. The number of alkyl halides is 3. The van der Waals surface area contributed by atoms with Gasteiger partial charge in [-0.25, -0.2) is 9.97 Å². The molecule has 0 radical (unpaired) electrons. The molecule has 0 atom stereocenters. The van der Waals surface area contributed by atoms with Gasteiger partial charge < -0.3 is 15.1 Å². The lowest BCUT2D eigenvalue weighted by Crippen LogP contribution is -2.63. The van der Waals surface area contributed by atoms with Gasteiger partial charge in [-0.2, -0.15) is 18.4 Å². The second kappa shape index (κ2) is 5.90. The van der Waals surface area contributed by atoms with Crippen LogP contribution >= 0.6 is 0 Å². The summed E-state index contributed by atoms with van der Waals surface area (Å²) in [4.78, 5) is 23.3. The normalized spacial score (nSPS) is 20.2. The van der Waals surface area contributed by atoms with E-state index in [1.54, 1.807) is 9.80 Å². The van der Waals surface area contributed by atoms with Gasteiger partial charge in [0.05, 0.1) is 11.6 Å². The van der Waals surface area contributed by atoms with E-state index in [4.69, 9.17) is 0 Å². The zero-order valence-corrected chi connectivity index (χ0v) is 12.7. The van der Waals surface area contributed by atoms with Crippen LogP contribution in [-0.4, -0.2) is 60.0 Å². The summed E-state index contributed by atoms with van der Waals surface area (Å²) in [6, 6.07) is 2.08. The Hall–Kier alpha value is -2.41. The molecule has 2 aliphatic rings. The number of carbonyl (C=O) groups is 1. The molecule has 0 spiro atoms. The summed E-state index contributed by atoms with van der Waals surface area (Å²) in [6.45, 7) is 2.28. The summed E-state index contributed by atoms with van der Waals surface area (Å²) in [7, 11) is 0. The SMILES string of the molecule is N#CC1(C(=O)N2CCN(c3ncc(C(F)(F)F)cn3)CC2)CNC1. The molecule has 1 aromatic rings. The van der Waals surface area contributed by atoms with Crippen molar-refractivity contribution in [1.29, 1.82) is 5.26 Å². The van der Waals surface area contributed by atoms with E-state index < -0.39 is 17.2 Å². The van der Waals surface area contributed by atoms with Crippen LogP contribution in [0.2, 0.25) is 0 Å². The Morgan fingerprint density at radius 3 is 2.21 bits per heavy atom. The van der Waals surface area contributed by atoms with Gasteiger partial charge in [0.15, 0.2) is 5.41 Å². The van der Waals surface area contributed by atoms with E-state index in [-0.39, 0.29) is 11.9 Å². The first-order chi connectivity index (χ1) is 11.4. The number of anilines is 1. The maximum atomic E-state index is 12.5. The monoisotopic (exact) mass is 340 g/mol. The van der Waals surface area contributed by atoms with Gasteiger partial charge >= 0.3 is 6.18 Å². The van der Waals surface area contributed by atoms with Gasteiger partial charge in [-0.1, -0.05) is 0 Å². The van der Waals surface area contributed by atoms with E-state index in [1.807, 2.05) is 0 Å². The van der Waals surface area contributed by atoms with E-state index in [9.17, 15) is 23.2 Å². The molecule has 10 heteroatoms. The minimum Gasteiger partial charge on any atom is -0.338 e. The molecule has 2 aliphatic heterocycles. The highest BCUT2D eigenvalue weighted by Gasteiger charge is 2.47. The third-order valence-corrected chi connectivity index (χ3v) is 4.29. The van der Waals surface area contributed by atoms with Crippen molar-refractivity contribution in [2.75, 3.05) is 44.2 Å². The molecule has 2 fully saturated rings. The molecule has 0 aromatic carbocycles. The molecule has 7 nitrogen and oxygen atoms in total. The number of hydrogen-bond acceptors (Lipinski definition) is 6. The average molecular weight is 340 g/mol. The zero-order valence-electron chi connectivity index (χ0n) is 12.7. The molecule has 2 saturated heterocycles. The fraction of sp³-hybridized carbons (Fsp3) is 0.571. The number of amides is 1. The molecule has 3 rings (SSSR count). The summed E-state index contributed by atoms with van der Waals surface area (Å²) in [5.74, 6) is 0.00661. The predicted octanol–water partition coefficient (Wildman–Crippen LogP) is 0.257. The number of nitriles is 1. The van der Waals surface area contributed by atoms with Crippen molar-refractivity contribution in [2.45, 2.75) is 6.18 Å². The van der Waals surface area contributed by atoms with Gasteiger partial charge in [0.1, 0.15) is 0 Å². The third-order valence-electron chi connectivity index (χ3n) is 4.29. The minimum atomic E-state index is -4.47. The van der Waals surface area contributed by atoms with Crippen molar-refractivity contribution >= 4 is 11.9 Å². The number of aromatic nitrogens is 2. The van der Waals surface area contributed by atoms with Gasteiger partial charge in [0, 0.05) is 51.7 Å². The Bertz CT molecular complexity index is 657. The van der Waals surface area contributed by atoms with Crippen LogP contribution in [0, 0.1) is 16.7 Å². The van der Waals surface area contributed by atoms with E-state index in [2.05, 4.69) is 21.4 Å². The molecule has 0 aliphatic carbocycles. The van der Waals surface area contributed by atoms with Gasteiger partial charge in [-0.05, 0) is 0 Å². The Morgan fingerprint density at radius 1 is 1.21 bits per heavy atom. The summed E-state index contributed by atoms with van der Waals surface area (Å²) in [5.41, 5.74) is -1.87. The van der Waals surface area contributed by atoms with Crippen molar-refractivity contribution in [1.82, 2.24) is 20.2 Å². The van der Waals surface area contributed by atoms with Crippen LogP contribution in [0.4, 0.5) is 19.1 Å². The molecule has 128 valence electrons. The number of carbonyl (C=O) groups excluding carboxylic acids is 1. The summed E-state index contributed by atoms with van der Waals surface area (Å²) >= 11 is 0. The molecule has 3 heterocycles. The van der Waals surface area contributed by atoms with Gasteiger partial charge in [0.2, 0.25) is 11.9 Å². The molecular formula is C14H15F3N6O. The fourth-order valence-electron chi connectivity index (χ4n) is 2.70. The topological polar surface area (TPSA) is 85.2 Å². The van der Waals surface area contributed by atoms with E-state index in [0.29, 0.717) is 39.3 Å². The van der Waals surface area contributed by atoms with Gasteiger partial charge in [-0.3, -0.25) is 4.79 Å². The van der Waals surface area contributed by atoms with Crippen LogP contribution < -0.4 is 10.2 Å². The zero-order chi connectivity index (χ0) is 17.4. The molecule has 24 heavy (non-hydrogen) atoms. The third kappa shape index (κ3) is 2.87. The first kappa shape index (κ1) is 16.4. The fourth-order valence-corrected chi connectivity index (χ4v) is 2.70. The van der Waals surface area contributed by atoms with Crippen molar-refractivity contribution in [3.63, 3.8) is 0 Å². The van der Waals surface area contributed by atoms with Crippen molar-refractivity contribution < 1.29 is 18.0 Å². The number of halogens is 3. The molecule has 0 unspecified atom stereocenters. The number of nitrogens with one attached hydrogen (secondary N) is 1. The van der Waals surface area contributed by atoms with Gasteiger partial charge in [0.25, 0.3) is 0 Å². The van der Waals surface area contributed by atoms with Crippen molar-refractivity contribution in [3.05, 3.63) is 18.0 Å². The number of piperazine rings is 1. The van der Waals surface area contributed by atoms with Crippen LogP contribution in [0.15, 0.2) is 12.4 Å².